The van der Waals surface area contributed by atoms with Gasteiger partial charge in [0.1, 0.15) is 0 Å². The van der Waals surface area contributed by atoms with Crippen LogP contribution in [0.25, 0.3) is 0 Å². The molecule has 0 radical (unpaired) electrons. The van der Waals surface area contributed by atoms with Gasteiger partial charge >= 0.3 is 0 Å². The van der Waals surface area contributed by atoms with Crippen molar-refractivity contribution in [2.75, 3.05) is 13.2 Å². The molecular formula is C10H20O2. The van der Waals surface area contributed by atoms with Crippen molar-refractivity contribution in [1.29, 1.82) is 0 Å². The summed E-state index contributed by atoms with van der Waals surface area (Å²) in [4.78, 5) is 0. The summed E-state index contributed by atoms with van der Waals surface area (Å²) in [6.45, 7) is 3.25. The molecule has 1 aliphatic rings. The lowest BCUT2D eigenvalue weighted by molar-refractivity contribution is -0.00999. The van der Waals surface area contributed by atoms with E-state index in [4.69, 9.17) is 9.84 Å². The van der Waals surface area contributed by atoms with Gasteiger partial charge in [0, 0.05) is 13.2 Å². The Bertz CT molecular complexity index is 114. The van der Waals surface area contributed by atoms with E-state index in [1.54, 1.807) is 0 Å². The molecule has 2 nitrogen and oxygen atoms in total. The van der Waals surface area contributed by atoms with E-state index in [0.29, 0.717) is 6.10 Å². The minimum absolute atomic E-state index is 0.251. The number of hydrogen-bond acceptors (Lipinski definition) is 2. The second kappa shape index (κ2) is 5.55. The summed E-state index contributed by atoms with van der Waals surface area (Å²) in [7, 11) is 0. The van der Waals surface area contributed by atoms with Gasteiger partial charge in [-0.15, -0.1) is 0 Å². The van der Waals surface area contributed by atoms with Crippen molar-refractivity contribution in [3.63, 3.8) is 0 Å². The normalized spacial score (nSPS) is 30.5. The average molecular weight is 172 g/mol. The van der Waals surface area contributed by atoms with E-state index in [9.17, 15) is 0 Å². The van der Waals surface area contributed by atoms with Gasteiger partial charge in [-0.1, -0.05) is 19.8 Å². The monoisotopic (exact) mass is 172 g/mol. The number of rotatable bonds is 4. The van der Waals surface area contributed by atoms with Crippen LogP contribution < -0.4 is 0 Å². The Hall–Kier alpha value is -0.0800. The molecule has 0 heterocycles. The Labute approximate surface area is 74.9 Å². The molecule has 0 aromatic rings. The Kier molecular flexibility index (Phi) is 4.62. The molecular weight excluding hydrogens is 152 g/mol. The summed E-state index contributed by atoms with van der Waals surface area (Å²) in [6.07, 6.45) is 6.44. The van der Waals surface area contributed by atoms with E-state index >= 15 is 0 Å². The molecule has 0 saturated heterocycles. The third kappa shape index (κ3) is 3.11. The van der Waals surface area contributed by atoms with Crippen LogP contribution in [-0.2, 0) is 4.74 Å². The van der Waals surface area contributed by atoms with E-state index in [1.807, 2.05) is 0 Å². The van der Waals surface area contributed by atoms with E-state index in [0.717, 1.165) is 18.9 Å². The van der Waals surface area contributed by atoms with Crippen molar-refractivity contribution >= 4 is 0 Å². The summed E-state index contributed by atoms with van der Waals surface area (Å²) >= 11 is 0. The molecule has 1 N–H and O–H groups in total. The van der Waals surface area contributed by atoms with E-state index < -0.39 is 0 Å². The quantitative estimate of drug-likeness (QED) is 0.657. The molecule has 72 valence electrons. The van der Waals surface area contributed by atoms with Gasteiger partial charge in [0.15, 0.2) is 0 Å². The predicted molar refractivity (Wildman–Crippen MR) is 49.1 cm³/mol. The third-order valence-electron chi connectivity index (χ3n) is 2.67. The molecule has 1 unspecified atom stereocenters. The van der Waals surface area contributed by atoms with Crippen LogP contribution in [0.3, 0.4) is 0 Å². The highest BCUT2D eigenvalue weighted by molar-refractivity contribution is 4.72. The van der Waals surface area contributed by atoms with E-state index in [-0.39, 0.29) is 6.61 Å². The summed E-state index contributed by atoms with van der Waals surface area (Å²) in [5.74, 6) is 0.720. The summed E-state index contributed by atoms with van der Waals surface area (Å²) < 4.78 is 5.68. The zero-order chi connectivity index (χ0) is 8.81. The summed E-state index contributed by atoms with van der Waals surface area (Å²) in [6, 6.07) is 0. The Morgan fingerprint density at radius 1 is 1.33 bits per heavy atom. The molecule has 12 heavy (non-hydrogen) atoms. The van der Waals surface area contributed by atoms with Gasteiger partial charge in [-0.2, -0.15) is 0 Å². The summed E-state index contributed by atoms with van der Waals surface area (Å²) in [5.41, 5.74) is 0. The van der Waals surface area contributed by atoms with Crippen molar-refractivity contribution in [3.05, 3.63) is 0 Å². The predicted octanol–water partition coefficient (Wildman–Crippen LogP) is 1.96. The number of aliphatic hydroxyl groups excluding tert-OH is 1. The SMILES string of the molecule is C[C@H]1CCCCC1OCCCO. The fourth-order valence-corrected chi connectivity index (χ4v) is 1.83. The first-order chi connectivity index (χ1) is 5.84. The zero-order valence-electron chi connectivity index (χ0n) is 7.96. The van der Waals surface area contributed by atoms with Crippen LogP contribution in [-0.4, -0.2) is 24.4 Å². The molecule has 1 aliphatic carbocycles. The largest absolute Gasteiger partial charge is 0.396 e. The summed E-state index contributed by atoms with van der Waals surface area (Å²) in [5, 5.41) is 8.58. The zero-order valence-corrected chi connectivity index (χ0v) is 7.96. The number of ether oxygens (including phenoxy) is 1. The van der Waals surface area contributed by atoms with Crippen molar-refractivity contribution < 1.29 is 9.84 Å². The van der Waals surface area contributed by atoms with Gasteiger partial charge in [-0.25, -0.2) is 0 Å². The first kappa shape index (κ1) is 10.0. The lowest BCUT2D eigenvalue weighted by Crippen LogP contribution is -2.26. The average Bonchev–Trinajstić information content (AvgIpc) is 2.09. The molecule has 0 aromatic carbocycles. The fraction of sp³-hybridized carbons (Fsp3) is 1.00. The van der Waals surface area contributed by atoms with Gasteiger partial charge in [0.05, 0.1) is 6.10 Å². The van der Waals surface area contributed by atoms with Crippen LogP contribution in [0.5, 0.6) is 0 Å². The Morgan fingerprint density at radius 3 is 2.75 bits per heavy atom. The first-order valence-corrected chi connectivity index (χ1v) is 5.07. The standard InChI is InChI=1S/C10H20O2/c1-9-5-2-3-6-10(9)12-8-4-7-11/h9-11H,2-8H2,1H3/t9-,10?/m0/s1. The third-order valence-corrected chi connectivity index (χ3v) is 2.67. The second-order valence-electron chi connectivity index (χ2n) is 3.75. The highest BCUT2D eigenvalue weighted by Crippen LogP contribution is 2.26. The molecule has 2 atom stereocenters. The van der Waals surface area contributed by atoms with Gasteiger partial charge in [-0.05, 0) is 25.2 Å². The van der Waals surface area contributed by atoms with Gasteiger partial charge < -0.3 is 9.84 Å². The van der Waals surface area contributed by atoms with Crippen LogP contribution in [0, 0.1) is 5.92 Å². The molecule has 0 amide bonds. The van der Waals surface area contributed by atoms with Crippen LogP contribution in [0.4, 0.5) is 0 Å². The lowest BCUT2D eigenvalue weighted by Gasteiger charge is -2.28. The van der Waals surface area contributed by atoms with E-state index in [2.05, 4.69) is 6.92 Å². The molecule has 1 saturated carbocycles. The van der Waals surface area contributed by atoms with Crippen LogP contribution >= 0.6 is 0 Å². The van der Waals surface area contributed by atoms with Gasteiger partial charge in [0.2, 0.25) is 0 Å². The van der Waals surface area contributed by atoms with Crippen LogP contribution in [0.2, 0.25) is 0 Å². The maximum absolute atomic E-state index is 8.58. The molecule has 1 rings (SSSR count). The van der Waals surface area contributed by atoms with Crippen molar-refractivity contribution in [2.45, 2.75) is 45.1 Å². The van der Waals surface area contributed by atoms with Crippen molar-refractivity contribution in [1.82, 2.24) is 0 Å². The maximum atomic E-state index is 8.58. The molecule has 0 spiro atoms. The molecule has 0 aliphatic heterocycles. The van der Waals surface area contributed by atoms with Crippen LogP contribution in [0.15, 0.2) is 0 Å². The Balaban J connectivity index is 2.11. The lowest BCUT2D eigenvalue weighted by atomic mass is 9.88. The molecule has 1 fully saturated rings. The second-order valence-corrected chi connectivity index (χ2v) is 3.75. The molecule has 0 aromatic heterocycles. The number of aliphatic hydroxyl groups is 1. The first-order valence-electron chi connectivity index (χ1n) is 5.07. The molecule has 2 heteroatoms. The van der Waals surface area contributed by atoms with Gasteiger partial charge in [-0.3, -0.25) is 0 Å². The van der Waals surface area contributed by atoms with Gasteiger partial charge in [0.25, 0.3) is 0 Å². The number of hydrogen-bond donors (Lipinski definition) is 1. The fourth-order valence-electron chi connectivity index (χ4n) is 1.83. The van der Waals surface area contributed by atoms with Crippen molar-refractivity contribution in [3.8, 4) is 0 Å². The maximum Gasteiger partial charge on any atom is 0.0600 e. The Morgan fingerprint density at radius 2 is 2.08 bits per heavy atom. The van der Waals surface area contributed by atoms with Crippen molar-refractivity contribution in [2.24, 2.45) is 5.92 Å². The highest BCUT2D eigenvalue weighted by atomic mass is 16.5. The topological polar surface area (TPSA) is 29.5 Å². The van der Waals surface area contributed by atoms with E-state index in [1.165, 1.54) is 25.7 Å². The minimum atomic E-state index is 0.251. The van der Waals surface area contributed by atoms with Crippen LogP contribution in [0.1, 0.15) is 39.0 Å². The minimum Gasteiger partial charge on any atom is -0.396 e. The molecule has 0 bridgehead atoms. The smallest absolute Gasteiger partial charge is 0.0600 e. The highest BCUT2D eigenvalue weighted by Gasteiger charge is 2.21.